The third-order valence-corrected chi connectivity index (χ3v) is 3.61. The Labute approximate surface area is 87.5 Å². The molecule has 1 saturated carbocycles. The predicted molar refractivity (Wildman–Crippen MR) is 59.0 cm³/mol. The molecule has 14 heavy (non-hydrogen) atoms. The number of nitrogens with one attached hydrogen (secondary N) is 1. The molecule has 1 aliphatic carbocycles. The van der Waals surface area contributed by atoms with Gasteiger partial charge in [-0.2, -0.15) is 0 Å². The lowest BCUT2D eigenvalue weighted by atomic mass is 9.69. The molecule has 0 unspecified atom stereocenters. The van der Waals surface area contributed by atoms with Crippen LogP contribution in [0.15, 0.2) is 0 Å². The van der Waals surface area contributed by atoms with Crippen molar-refractivity contribution in [2.24, 2.45) is 11.3 Å². The van der Waals surface area contributed by atoms with Crippen molar-refractivity contribution in [1.82, 2.24) is 5.32 Å². The van der Waals surface area contributed by atoms with Crippen molar-refractivity contribution >= 4 is 5.91 Å². The van der Waals surface area contributed by atoms with E-state index in [1.54, 1.807) is 7.05 Å². The van der Waals surface area contributed by atoms with Crippen LogP contribution in [0.25, 0.3) is 0 Å². The first-order valence-electron chi connectivity index (χ1n) is 5.77. The maximum absolute atomic E-state index is 11.4. The zero-order valence-electron chi connectivity index (χ0n) is 9.73. The van der Waals surface area contributed by atoms with Crippen LogP contribution in [-0.2, 0) is 4.79 Å². The molecular weight excluding hydrogens is 174 g/mol. The Morgan fingerprint density at radius 3 is 2.36 bits per heavy atom. The van der Waals surface area contributed by atoms with Gasteiger partial charge >= 0.3 is 0 Å². The van der Waals surface area contributed by atoms with Crippen LogP contribution < -0.4 is 5.32 Å². The molecule has 0 saturated heterocycles. The quantitative estimate of drug-likeness (QED) is 0.740. The number of amides is 1. The van der Waals surface area contributed by atoms with E-state index in [2.05, 4.69) is 19.2 Å². The highest BCUT2D eigenvalue weighted by Gasteiger charge is 2.32. The zero-order valence-corrected chi connectivity index (χ0v) is 9.73. The van der Waals surface area contributed by atoms with Crippen LogP contribution in [-0.4, -0.2) is 13.0 Å². The average molecular weight is 197 g/mol. The van der Waals surface area contributed by atoms with Crippen LogP contribution >= 0.6 is 0 Å². The summed E-state index contributed by atoms with van der Waals surface area (Å²) in [6, 6.07) is 0. The normalized spacial score (nSPS) is 19.4. The van der Waals surface area contributed by atoms with E-state index >= 15 is 0 Å². The van der Waals surface area contributed by atoms with Gasteiger partial charge in [0.2, 0.25) is 5.91 Å². The van der Waals surface area contributed by atoms with Gasteiger partial charge in [-0.05, 0) is 24.2 Å². The van der Waals surface area contributed by atoms with Crippen LogP contribution in [0.1, 0.15) is 52.4 Å². The molecule has 1 N–H and O–H groups in total. The fourth-order valence-corrected chi connectivity index (χ4v) is 2.53. The molecule has 0 spiro atoms. The highest BCUT2D eigenvalue weighted by molar-refractivity contribution is 5.76. The molecule has 0 radical (unpaired) electrons. The number of carbonyl (C=O) groups is 1. The molecule has 0 aliphatic heterocycles. The molecule has 1 fully saturated rings. The fourth-order valence-electron chi connectivity index (χ4n) is 2.53. The maximum atomic E-state index is 11.4. The lowest BCUT2D eigenvalue weighted by molar-refractivity contribution is -0.123. The largest absolute Gasteiger partial charge is 0.359 e. The topological polar surface area (TPSA) is 29.1 Å². The highest BCUT2D eigenvalue weighted by Crippen LogP contribution is 2.40. The second-order valence-corrected chi connectivity index (χ2v) is 5.17. The SMILES string of the molecule is CNC(=O)CC(C)(C)C1CCCCC1. The molecule has 0 heterocycles. The highest BCUT2D eigenvalue weighted by atomic mass is 16.1. The number of hydrogen-bond acceptors (Lipinski definition) is 1. The van der Waals surface area contributed by atoms with Crippen molar-refractivity contribution in [3.8, 4) is 0 Å². The summed E-state index contributed by atoms with van der Waals surface area (Å²) < 4.78 is 0. The average Bonchev–Trinajstić information content (AvgIpc) is 2.18. The Hall–Kier alpha value is -0.530. The molecule has 0 aromatic carbocycles. The maximum Gasteiger partial charge on any atom is 0.220 e. The van der Waals surface area contributed by atoms with E-state index in [0.717, 1.165) is 5.92 Å². The number of hydrogen-bond donors (Lipinski definition) is 1. The van der Waals surface area contributed by atoms with E-state index in [-0.39, 0.29) is 11.3 Å². The molecular formula is C12H23NO. The summed E-state index contributed by atoms with van der Waals surface area (Å²) in [5.41, 5.74) is 0.181. The minimum absolute atomic E-state index is 0.181. The van der Waals surface area contributed by atoms with E-state index in [0.29, 0.717) is 6.42 Å². The van der Waals surface area contributed by atoms with Crippen molar-refractivity contribution in [3.05, 3.63) is 0 Å². The Kier molecular flexibility index (Phi) is 3.97. The summed E-state index contributed by atoms with van der Waals surface area (Å²) >= 11 is 0. The van der Waals surface area contributed by atoms with Gasteiger partial charge in [-0.3, -0.25) is 4.79 Å². The lowest BCUT2D eigenvalue weighted by Crippen LogP contribution is -2.32. The van der Waals surface area contributed by atoms with Gasteiger partial charge in [0.15, 0.2) is 0 Å². The molecule has 0 atom stereocenters. The zero-order chi connectivity index (χ0) is 10.6. The summed E-state index contributed by atoms with van der Waals surface area (Å²) in [7, 11) is 1.72. The molecule has 1 amide bonds. The Bertz CT molecular complexity index is 192. The number of rotatable bonds is 3. The molecule has 2 nitrogen and oxygen atoms in total. The van der Waals surface area contributed by atoms with E-state index in [4.69, 9.17) is 0 Å². The first-order chi connectivity index (χ1) is 6.56. The van der Waals surface area contributed by atoms with Gasteiger partial charge < -0.3 is 5.32 Å². The Morgan fingerprint density at radius 2 is 1.86 bits per heavy atom. The third kappa shape index (κ3) is 3.00. The van der Waals surface area contributed by atoms with Crippen LogP contribution in [0.3, 0.4) is 0 Å². The molecule has 2 heteroatoms. The van der Waals surface area contributed by atoms with Crippen molar-refractivity contribution in [1.29, 1.82) is 0 Å². The lowest BCUT2D eigenvalue weighted by Gasteiger charge is -2.36. The third-order valence-electron chi connectivity index (χ3n) is 3.61. The summed E-state index contributed by atoms with van der Waals surface area (Å²) in [5, 5.41) is 2.72. The van der Waals surface area contributed by atoms with E-state index < -0.39 is 0 Å². The molecule has 0 bridgehead atoms. The van der Waals surface area contributed by atoms with E-state index in [1.807, 2.05) is 0 Å². The predicted octanol–water partition coefficient (Wildman–Crippen LogP) is 2.73. The standard InChI is InChI=1S/C12H23NO/c1-12(2,9-11(14)13-3)10-7-5-4-6-8-10/h10H,4-9H2,1-3H3,(H,13,14). The smallest absolute Gasteiger partial charge is 0.220 e. The van der Waals surface area contributed by atoms with Gasteiger partial charge in [-0.25, -0.2) is 0 Å². The van der Waals surface area contributed by atoms with Crippen LogP contribution in [0.4, 0.5) is 0 Å². The van der Waals surface area contributed by atoms with E-state index in [1.165, 1.54) is 32.1 Å². The van der Waals surface area contributed by atoms with Crippen molar-refractivity contribution < 1.29 is 4.79 Å². The second kappa shape index (κ2) is 4.81. The summed E-state index contributed by atoms with van der Waals surface area (Å²) in [4.78, 5) is 11.4. The van der Waals surface area contributed by atoms with Crippen molar-refractivity contribution in [2.75, 3.05) is 7.05 Å². The molecule has 0 aromatic rings. The van der Waals surface area contributed by atoms with E-state index in [9.17, 15) is 4.79 Å². The Balaban J connectivity index is 2.49. The Morgan fingerprint density at radius 1 is 1.29 bits per heavy atom. The monoisotopic (exact) mass is 197 g/mol. The second-order valence-electron chi connectivity index (χ2n) is 5.17. The van der Waals surface area contributed by atoms with Gasteiger partial charge in [0.1, 0.15) is 0 Å². The fraction of sp³-hybridized carbons (Fsp3) is 0.917. The van der Waals surface area contributed by atoms with Gasteiger partial charge in [0.25, 0.3) is 0 Å². The molecule has 1 aliphatic rings. The molecule has 0 aromatic heterocycles. The van der Waals surface area contributed by atoms with Gasteiger partial charge in [0, 0.05) is 13.5 Å². The molecule has 1 rings (SSSR count). The van der Waals surface area contributed by atoms with Crippen LogP contribution in [0.5, 0.6) is 0 Å². The minimum Gasteiger partial charge on any atom is -0.359 e. The first-order valence-corrected chi connectivity index (χ1v) is 5.77. The van der Waals surface area contributed by atoms with Crippen LogP contribution in [0.2, 0.25) is 0 Å². The summed E-state index contributed by atoms with van der Waals surface area (Å²) in [6.45, 7) is 4.47. The number of carbonyl (C=O) groups excluding carboxylic acids is 1. The van der Waals surface area contributed by atoms with Gasteiger partial charge in [-0.1, -0.05) is 33.1 Å². The van der Waals surface area contributed by atoms with Crippen molar-refractivity contribution in [2.45, 2.75) is 52.4 Å². The summed E-state index contributed by atoms with van der Waals surface area (Å²) in [5.74, 6) is 0.925. The molecule has 82 valence electrons. The van der Waals surface area contributed by atoms with Gasteiger partial charge in [0.05, 0.1) is 0 Å². The first kappa shape index (κ1) is 11.5. The van der Waals surface area contributed by atoms with Gasteiger partial charge in [-0.15, -0.1) is 0 Å². The van der Waals surface area contributed by atoms with Crippen LogP contribution in [0, 0.1) is 11.3 Å². The minimum atomic E-state index is 0.181. The summed E-state index contributed by atoms with van der Waals surface area (Å²) in [6.07, 6.45) is 7.37. The van der Waals surface area contributed by atoms with Crippen molar-refractivity contribution in [3.63, 3.8) is 0 Å².